The summed E-state index contributed by atoms with van der Waals surface area (Å²) in [6.45, 7) is 4.02. The van der Waals surface area contributed by atoms with Gasteiger partial charge in [0.05, 0.1) is 23.7 Å². The van der Waals surface area contributed by atoms with E-state index in [4.69, 9.17) is 14.1 Å². The molecule has 0 aliphatic rings. The molecule has 0 aliphatic carbocycles. The van der Waals surface area contributed by atoms with Crippen molar-refractivity contribution in [2.45, 2.75) is 24.8 Å². The van der Waals surface area contributed by atoms with Gasteiger partial charge in [0.2, 0.25) is 0 Å². The normalized spacial score (nSPS) is 11.3. The van der Waals surface area contributed by atoms with Gasteiger partial charge in [-0.15, -0.1) is 0 Å². The quantitative estimate of drug-likeness (QED) is 0.194. The molecule has 0 spiro atoms. The highest BCUT2D eigenvalue weighted by atomic mass is 32.2. The number of ether oxygens (including phenoxy) is 1. The summed E-state index contributed by atoms with van der Waals surface area (Å²) in [4.78, 5) is 30.6. The van der Waals surface area contributed by atoms with E-state index >= 15 is 0 Å². The zero-order valence-corrected chi connectivity index (χ0v) is 19.8. The Kier molecular flexibility index (Phi) is 5.71. The molecule has 2 aromatic heterocycles. The van der Waals surface area contributed by atoms with Crippen molar-refractivity contribution in [1.29, 1.82) is 0 Å². The molecule has 0 bridgehead atoms. The fourth-order valence-electron chi connectivity index (χ4n) is 3.93. The first-order valence-corrected chi connectivity index (χ1v) is 11.8. The summed E-state index contributed by atoms with van der Waals surface area (Å²) < 4.78 is 12.4. The molecule has 0 saturated carbocycles. The van der Waals surface area contributed by atoms with Crippen LogP contribution in [0.3, 0.4) is 0 Å². The lowest BCUT2D eigenvalue weighted by atomic mass is 10.0. The standard InChI is InChI=1S/C27H22N2O4S/c1-16-11-22-18(13-25(30)33-24(22)12-17(16)2)15-34-27-28-23-10-5-4-9-21(23)26(31)29(27)19-7-6-8-20(14-19)32-3/h4-14H,15H2,1-3H3. The van der Waals surface area contributed by atoms with Gasteiger partial charge >= 0.3 is 5.63 Å². The molecular formula is C27H22N2O4S. The van der Waals surface area contributed by atoms with Crippen LogP contribution in [-0.4, -0.2) is 16.7 Å². The smallest absolute Gasteiger partial charge is 0.336 e. The van der Waals surface area contributed by atoms with Crippen molar-refractivity contribution in [3.63, 3.8) is 0 Å². The highest BCUT2D eigenvalue weighted by molar-refractivity contribution is 7.98. The number of fused-ring (bicyclic) bond motifs is 2. The van der Waals surface area contributed by atoms with Gasteiger partial charge in [-0.25, -0.2) is 9.78 Å². The van der Waals surface area contributed by atoms with E-state index in [2.05, 4.69) is 0 Å². The van der Waals surface area contributed by atoms with Crippen LogP contribution in [0.15, 0.2) is 85.9 Å². The molecule has 6 nitrogen and oxygen atoms in total. The van der Waals surface area contributed by atoms with Crippen LogP contribution in [0.5, 0.6) is 5.75 Å². The lowest BCUT2D eigenvalue weighted by Crippen LogP contribution is -2.21. The van der Waals surface area contributed by atoms with Gasteiger partial charge in [0.25, 0.3) is 5.56 Å². The number of hydrogen-bond donors (Lipinski definition) is 0. The monoisotopic (exact) mass is 470 g/mol. The van der Waals surface area contributed by atoms with Gasteiger partial charge in [-0.1, -0.05) is 30.0 Å². The van der Waals surface area contributed by atoms with Crippen LogP contribution in [0.1, 0.15) is 16.7 Å². The zero-order chi connectivity index (χ0) is 23.8. The Morgan fingerprint density at radius 3 is 2.56 bits per heavy atom. The average molecular weight is 471 g/mol. The van der Waals surface area contributed by atoms with Crippen LogP contribution in [-0.2, 0) is 5.75 Å². The molecule has 0 aliphatic heterocycles. The van der Waals surface area contributed by atoms with Crippen molar-refractivity contribution in [3.05, 3.63) is 104 Å². The molecule has 34 heavy (non-hydrogen) atoms. The van der Waals surface area contributed by atoms with Gasteiger partial charge in [-0.2, -0.15) is 0 Å². The first kappa shape index (κ1) is 22.0. The minimum atomic E-state index is -0.400. The van der Waals surface area contributed by atoms with Gasteiger partial charge in [0.15, 0.2) is 5.16 Å². The second-order valence-electron chi connectivity index (χ2n) is 8.07. The Hall–Kier alpha value is -3.84. The Labute approximate surface area is 199 Å². The van der Waals surface area contributed by atoms with Crippen molar-refractivity contribution in [1.82, 2.24) is 9.55 Å². The third-order valence-corrected chi connectivity index (χ3v) is 6.85. The van der Waals surface area contributed by atoms with E-state index < -0.39 is 5.63 Å². The molecule has 170 valence electrons. The SMILES string of the molecule is COc1cccc(-n2c(SCc3cc(=O)oc4cc(C)c(C)cc34)nc3ccccc3c2=O)c1. The lowest BCUT2D eigenvalue weighted by Gasteiger charge is -2.14. The fourth-order valence-corrected chi connectivity index (χ4v) is 4.93. The minimum absolute atomic E-state index is 0.162. The molecule has 2 heterocycles. The second kappa shape index (κ2) is 8.83. The molecule has 0 amide bonds. The van der Waals surface area contributed by atoms with E-state index in [1.807, 2.05) is 62.4 Å². The number of thioether (sulfide) groups is 1. The molecular weight excluding hydrogens is 448 g/mol. The molecule has 0 unspecified atom stereocenters. The number of rotatable bonds is 5. The predicted octanol–water partition coefficient (Wildman–Crippen LogP) is 5.41. The summed E-state index contributed by atoms with van der Waals surface area (Å²) in [7, 11) is 1.59. The van der Waals surface area contributed by atoms with Crippen LogP contribution in [0.2, 0.25) is 0 Å². The maximum Gasteiger partial charge on any atom is 0.336 e. The third-order valence-electron chi connectivity index (χ3n) is 5.86. The first-order valence-electron chi connectivity index (χ1n) is 10.8. The number of methoxy groups -OCH3 is 1. The van der Waals surface area contributed by atoms with E-state index in [9.17, 15) is 9.59 Å². The summed E-state index contributed by atoms with van der Waals surface area (Å²) in [5, 5.41) is 1.94. The highest BCUT2D eigenvalue weighted by Gasteiger charge is 2.16. The molecule has 0 fully saturated rings. The maximum atomic E-state index is 13.5. The number of aromatic nitrogens is 2. The average Bonchev–Trinajstić information content (AvgIpc) is 2.83. The zero-order valence-electron chi connectivity index (χ0n) is 19.0. The topological polar surface area (TPSA) is 74.3 Å². The van der Waals surface area contributed by atoms with E-state index in [1.165, 1.54) is 17.8 Å². The number of hydrogen-bond acceptors (Lipinski definition) is 6. The predicted molar refractivity (Wildman–Crippen MR) is 135 cm³/mol. The largest absolute Gasteiger partial charge is 0.497 e. The van der Waals surface area contributed by atoms with E-state index in [0.29, 0.717) is 38.8 Å². The molecule has 0 radical (unpaired) electrons. The van der Waals surface area contributed by atoms with Gasteiger partial charge < -0.3 is 9.15 Å². The summed E-state index contributed by atoms with van der Waals surface area (Å²) in [5.41, 5.74) is 4.29. The molecule has 0 N–H and O–H groups in total. The Morgan fingerprint density at radius 1 is 0.941 bits per heavy atom. The van der Waals surface area contributed by atoms with Crippen LogP contribution in [0.25, 0.3) is 27.6 Å². The molecule has 0 atom stereocenters. The second-order valence-corrected chi connectivity index (χ2v) is 9.01. The number of nitrogens with zero attached hydrogens (tertiary/aromatic N) is 2. The Morgan fingerprint density at radius 2 is 1.74 bits per heavy atom. The van der Waals surface area contributed by atoms with Gasteiger partial charge in [0, 0.05) is 23.3 Å². The summed E-state index contributed by atoms with van der Waals surface area (Å²) >= 11 is 1.40. The van der Waals surface area contributed by atoms with E-state index in [-0.39, 0.29) is 5.56 Å². The molecule has 0 saturated heterocycles. The summed E-state index contributed by atoms with van der Waals surface area (Å²) in [6.07, 6.45) is 0. The molecule has 5 rings (SSSR count). The van der Waals surface area contributed by atoms with Crippen LogP contribution < -0.4 is 15.9 Å². The van der Waals surface area contributed by atoms with Crippen LogP contribution in [0.4, 0.5) is 0 Å². The summed E-state index contributed by atoms with van der Waals surface area (Å²) in [6, 6.07) is 20.1. The van der Waals surface area contributed by atoms with E-state index in [1.54, 1.807) is 23.8 Å². The van der Waals surface area contributed by atoms with Crippen LogP contribution in [0, 0.1) is 13.8 Å². The Balaban J connectivity index is 1.65. The van der Waals surface area contributed by atoms with Crippen molar-refractivity contribution in [2.75, 3.05) is 7.11 Å². The number of para-hydroxylation sites is 1. The van der Waals surface area contributed by atoms with Gasteiger partial charge in [-0.05, 0) is 66.9 Å². The third kappa shape index (κ3) is 3.99. The molecule has 7 heteroatoms. The van der Waals surface area contributed by atoms with Crippen LogP contribution >= 0.6 is 11.8 Å². The number of benzene rings is 3. The van der Waals surface area contributed by atoms with Crippen molar-refractivity contribution in [2.24, 2.45) is 0 Å². The number of aryl methyl sites for hydroxylation is 2. The highest BCUT2D eigenvalue weighted by Crippen LogP contribution is 2.29. The van der Waals surface area contributed by atoms with Gasteiger partial charge in [-0.3, -0.25) is 9.36 Å². The van der Waals surface area contributed by atoms with Crippen molar-refractivity contribution >= 4 is 33.6 Å². The fraction of sp³-hybridized carbons (Fsp3) is 0.148. The Bertz CT molecular complexity index is 1670. The summed E-state index contributed by atoms with van der Waals surface area (Å²) in [5.74, 6) is 1.09. The van der Waals surface area contributed by atoms with Gasteiger partial charge in [0.1, 0.15) is 11.3 Å². The molecule has 5 aromatic rings. The first-order chi connectivity index (χ1) is 16.4. The minimum Gasteiger partial charge on any atom is -0.497 e. The maximum absolute atomic E-state index is 13.5. The lowest BCUT2D eigenvalue weighted by molar-refractivity contribution is 0.414. The van der Waals surface area contributed by atoms with Crippen molar-refractivity contribution < 1.29 is 9.15 Å². The van der Waals surface area contributed by atoms with E-state index in [0.717, 1.165) is 22.1 Å². The molecule has 3 aromatic carbocycles. The van der Waals surface area contributed by atoms with Crippen molar-refractivity contribution in [3.8, 4) is 11.4 Å².